The van der Waals surface area contributed by atoms with Gasteiger partial charge < -0.3 is 15.4 Å². The van der Waals surface area contributed by atoms with E-state index >= 15 is 0 Å². The quantitative estimate of drug-likeness (QED) is 0.839. The molecule has 0 bridgehead atoms. The fourth-order valence-electron chi connectivity index (χ4n) is 2.81. The molecule has 1 aliphatic heterocycles. The monoisotopic (exact) mass is 332 g/mol. The first kappa shape index (κ1) is 16.7. The highest BCUT2D eigenvalue weighted by atomic mass is 16.5. The average molecular weight is 332 g/mol. The number of hydrogen-bond acceptors (Lipinski definition) is 5. The van der Waals surface area contributed by atoms with Gasteiger partial charge in [-0.05, 0) is 26.0 Å². The summed E-state index contributed by atoms with van der Waals surface area (Å²) >= 11 is 0. The van der Waals surface area contributed by atoms with Crippen molar-refractivity contribution in [1.82, 2.24) is 30.1 Å². The van der Waals surface area contributed by atoms with Crippen molar-refractivity contribution in [3.05, 3.63) is 30.2 Å². The number of nitrogens with one attached hydrogen (secondary N) is 2. The molecule has 3 rings (SSSR count). The Kier molecular flexibility index (Phi) is 4.96. The van der Waals surface area contributed by atoms with Crippen LogP contribution in [-0.4, -0.2) is 63.9 Å². The van der Waals surface area contributed by atoms with Gasteiger partial charge in [-0.1, -0.05) is 6.07 Å². The van der Waals surface area contributed by atoms with Crippen molar-refractivity contribution in [1.29, 1.82) is 0 Å². The van der Waals surface area contributed by atoms with Crippen molar-refractivity contribution in [2.45, 2.75) is 25.9 Å². The zero-order chi connectivity index (χ0) is 17.0. The van der Waals surface area contributed by atoms with Crippen molar-refractivity contribution in [3.63, 3.8) is 0 Å². The summed E-state index contributed by atoms with van der Waals surface area (Å²) in [7, 11) is 0. The van der Waals surface area contributed by atoms with Crippen LogP contribution in [0, 0.1) is 0 Å². The normalized spacial score (nSPS) is 16.2. The molecular formula is C16H24N6O2. The summed E-state index contributed by atoms with van der Waals surface area (Å²) in [5.74, 6) is 0.702. The first-order valence-electron chi connectivity index (χ1n) is 8.19. The second-order valence-corrected chi connectivity index (χ2v) is 6.49. The van der Waals surface area contributed by atoms with Crippen LogP contribution in [0.5, 0.6) is 0 Å². The molecule has 0 aliphatic carbocycles. The van der Waals surface area contributed by atoms with E-state index in [1.54, 1.807) is 0 Å². The molecule has 2 N–H and O–H groups in total. The van der Waals surface area contributed by atoms with E-state index in [9.17, 15) is 4.79 Å². The molecule has 8 nitrogen and oxygen atoms in total. The van der Waals surface area contributed by atoms with Crippen LogP contribution in [0.3, 0.4) is 0 Å². The van der Waals surface area contributed by atoms with Crippen LogP contribution in [0.2, 0.25) is 0 Å². The van der Waals surface area contributed by atoms with Gasteiger partial charge in [0.25, 0.3) is 0 Å². The maximum absolute atomic E-state index is 12.1. The molecule has 2 amide bonds. The molecule has 130 valence electrons. The predicted molar refractivity (Wildman–Crippen MR) is 89.7 cm³/mol. The van der Waals surface area contributed by atoms with E-state index in [1.165, 1.54) is 0 Å². The summed E-state index contributed by atoms with van der Waals surface area (Å²) in [5, 5.41) is 13.9. The highest BCUT2D eigenvalue weighted by Gasteiger charge is 2.28. The maximum Gasteiger partial charge on any atom is 0.315 e. The smallest absolute Gasteiger partial charge is 0.315 e. The van der Waals surface area contributed by atoms with Gasteiger partial charge in [0.05, 0.1) is 19.8 Å². The lowest BCUT2D eigenvalue weighted by Crippen LogP contribution is -2.56. The van der Waals surface area contributed by atoms with Gasteiger partial charge >= 0.3 is 6.03 Å². The van der Waals surface area contributed by atoms with E-state index in [2.05, 4.69) is 39.6 Å². The summed E-state index contributed by atoms with van der Waals surface area (Å²) in [6.45, 7) is 8.43. The van der Waals surface area contributed by atoms with Crippen LogP contribution in [-0.2, 0) is 11.3 Å². The van der Waals surface area contributed by atoms with Crippen LogP contribution in [0.25, 0.3) is 5.65 Å². The Hall–Kier alpha value is -2.19. The number of amides is 2. The second-order valence-electron chi connectivity index (χ2n) is 6.49. The number of carbonyl (C=O) groups is 1. The van der Waals surface area contributed by atoms with E-state index in [0.717, 1.165) is 32.0 Å². The molecule has 0 atom stereocenters. The molecule has 0 unspecified atom stereocenters. The van der Waals surface area contributed by atoms with Gasteiger partial charge in [0.15, 0.2) is 11.5 Å². The van der Waals surface area contributed by atoms with Crippen molar-refractivity contribution in [3.8, 4) is 0 Å². The summed E-state index contributed by atoms with van der Waals surface area (Å²) in [5.41, 5.74) is 0.658. The highest BCUT2D eigenvalue weighted by Crippen LogP contribution is 2.14. The third-order valence-corrected chi connectivity index (χ3v) is 4.34. The largest absolute Gasteiger partial charge is 0.379 e. The number of pyridine rings is 1. The molecule has 1 saturated heterocycles. The molecule has 24 heavy (non-hydrogen) atoms. The van der Waals surface area contributed by atoms with Gasteiger partial charge in [-0.3, -0.25) is 9.30 Å². The number of urea groups is 1. The first-order chi connectivity index (χ1) is 11.6. The SMILES string of the molecule is CC(C)(CNC(=O)NCc1nnc2ccccn12)N1CCOCC1. The molecule has 3 heterocycles. The molecule has 1 aliphatic rings. The second kappa shape index (κ2) is 7.14. The van der Waals surface area contributed by atoms with Gasteiger partial charge in [0.1, 0.15) is 0 Å². The maximum atomic E-state index is 12.1. The zero-order valence-corrected chi connectivity index (χ0v) is 14.2. The van der Waals surface area contributed by atoms with Gasteiger partial charge in [0.2, 0.25) is 0 Å². The van der Waals surface area contributed by atoms with E-state index in [0.29, 0.717) is 18.9 Å². The van der Waals surface area contributed by atoms with Crippen molar-refractivity contribution in [2.24, 2.45) is 0 Å². The number of nitrogens with zero attached hydrogens (tertiary/aromatic N) is 4. The summed E-state index contributed by atoms with van der Waals surface area (Å²) in [4.78, 5) is 14.4. The lowest BCUT2D eigenvalue weighted by atomic mass is 10.0. The molecule has 0 saturated carbocycles. The molecule has 0 radical (unpaired) electrons. The average Bonchev–Trinajstić information content (AvgIpc) is 3.02. The molecule has 0 spiro atoms. The molecule has 2 aromatic rings. The van der Waals surface area contributed by atoms with Gasteiger partial charge in [-0.15, -0.1) is 10.2 Å². The molecular weight excluding hydrogens is 308 g/mol. The Bertz CT molecular complexity index is 693. The minimum absolute atomic E-state index is 0.108. The molecule has 8 heteroatoms. The van der Waals surface area contributed by atoms with Gasteiger partial charge in [-0.2, -0.15) is 0 Å². The molecule has 1 fully saturated rings. The fourth-order valence-corrected chi connectivity index (χ4v) is 2.81. The number of aromatic nitrogens is 3. The van der Waals surface area contributed by atoms with Crippen LogP contribution in [0.4, 0.5) is 4.79 Å². The first-order valence-corrected chi connectivity index (χ1v) is 8.19. The lowest BCUT2D eigenvalue weighted by molar-refractivity contribution is -0.00875. The number of fused-ring (bicyclic) bond motifs is 1. The standard InChI is InChI=1S/C16H24N6O2/c1-16(2,21-7-9-24-10-8-21)12-18-15(23)17-11-14-20-19-13-5-3-4-6-22(13)14/h3-6H,7-12H2,1-2H3,(H2,17,18,23). The third kappa shape index (κ3) is 3.82. The number of carbonyl (C=O) groups excluding carboxylic acids is 1. The Morgan fingerprint density at radius 1 is 1.25 bits per heavy atom. The Morgan fingerprint density at radius 3 is 2.83 bits per heavy atom. The molecule has 2 aromatic heterocycles. The fraction of sp³-hybridized carbons (Fsp3) is 0.562. The minimum atomic E-state index is -0.205. The van der Waals surface area contributed by atoms with E-state index in [-0.39, 0.29) is 11.6 Å². The number of rotatable bonds is 5. The van der Waals surface area contributed by atoms with Crippen molar-refractivity contribution >= 4 is 11.7 Å². The number of ether oxygens (including phenoxy) is 1. The topological polar surface area (TPSA) is 83.8 Å². The number of morpholine rings is 1. The molecule has 0 aromatic carbocycles. The van der Waals surface area contributed by atoms with E-state index in [1.807, 2.05) is 28.8 Å². The Labute approximate surface area is 141 Å². The van der Waals surface area contributed by atoms with Crippen LogP contribution in [0.15, 0.2) is 24.4 Å². The van der Waals surface area contributed by atoms with E-state index in [4.69, 9.17) is 4.74 Å². The Morgan fingerprint density at radius 2 is 2.04 bits per heavy atom. The van der Waals surface area contributed by atoms with E-state index < -0.39 is 0 Å². The number of hydrogen-bond donors (Lipinski definition) is 2. The highest BCUT2D eigenvalue weighted by molar-refractivity contribution is 5.73. The van der Waals surface area contributed by atoms with Gasteiger partial charge in [0, 0.05) is 31.4 Å². The lowest BCUT2D eigenvalue weighted by Gasteiger charge is -2.40. The summed E-state index contributed by atoms with van der Waals surface area (Å²) < 4.78 is 7.24. The predicted octanol–water partition coefficient (Wildman–Crippen LogP) is 0.639. The van der Waals surface area contributed by atoms with Crippen LogP contribution in [0.1, 0.15) is 19.7 Å². The van der Waals surface area contributed by atoms with Crippen molar-refractivity contribution < 1.29 is 9.53 Å². The summed E-state index contributed by atoms with van der Waals surface area (Å²) in [6, 6.07) is 5.48. The Balaban J connectivity index is 1.49. The summed E-state index contributed by atoms with van der Waals surface area (Å²) in [6.07, 6.45) is 1.88. The van der Waals surface area contributed by atoms with Crippen molar-refractivity contribution in [2.75, 3.05) is 32.8 Å². The van der Waals surface area contributed by atoms with Crippen LogP contribution >= 0.6 is 0 Å². The van der Waals surface area contributed by atoms with Gasteiger partial charge in [-0.25, -0.2) is 4.79 Å². The zero-order valence-electron chi connectivity index (χ0n) is 14.2. The third-order valence-electron chi connectivity index (χ3n) is 4.34. The minimum Gasteiger partial charge on any atom is -0.379 e. The van der Waals surface area contributed by atoms with Crippen LogP contribution < -0.4 is 10.6 Å².